The predicted octanol–water partition coefficient (Wildman–Crippen LogP) is 8.00. The average molecular weight is 629 g/mol. The summed E-state index contributed by atoms with van der Waals surface area (Å²) in [6.45, 7) is 2.36. The van der Waals surface area contributed by atoms with Crippen LogP contribution in [0.2, 0.25) is 5.02 Å². The third kappa shape index (κ3) is 5.49. The van der Waals surface area contributed by atoms with E-state index in [2.05, 4.69) is 27.1 Å². The maximum Gasteiger partial charge on any atom is 0.282 e. The summed E-state index contributed by atoms with van der Waals surface area (Å²) in [5.74, 6) is 1.64. The molecule has 0 radical (unpaired) electrons. The number of hydrogen-bond donors (Lipinski definition) is 0. The molecule has 0 bridgehead atoms. The molecule has 0 aliphatic carbocycles. The Morgan fingerprint density at radius 1 is 1.05 bits per heavy atom. The highest BCUT2D eigenvalue weighted by molar-refractivity contribution is 9.10. The zero-order valence-electron chi connectivity index (χ0n) is 22.1. The normalized spacial score (nSPS) is 11.5. The number of hydrogen-bond acceptors (Lipinski definition) is 6. The molecule has 0 fully saturated rings. The third-order valence-electron chi connectivity index (χ3n) is 6.50. The van der Waals surface area contributed by atoms with Crippen molar-refractivity contribution in [3.05, 3.63) is 121 Å². The lowest BCUT2D eigenvalue weighted by Gasteiger charge is -2.14. The summed E-state index contributed by atoms with van der Waals surface area (Å²) >= 11 is 9.73. The second-order valence-corrected chi connectivity index (χ2v) is 10.8. The minimum atomic E-state index is -0.343. The van der Waals surface area contributed by atoms with E-state index in [0.29, 0.717) is 50.9 Å². The number of ether oxygens (including phenoxy) is 2. The Morgan fingerprint density at radius 2 is 1.90 bits per heavy atom. The van der Waals surface area contributed by atoms with Crippen LogP contribution in [0.4, 0.5) is 0 Å². The molecule has 2 heterocycles. The highest BCUT2D eigenvalue weighted by Crippen LogP contribution is 2.35. The Morgan fingerprint density at radius 3 is 2.73 bits per heavy atom. The van der Waals surface area contributed by atoms with Crippen LogP contribution in [-0.4, -0.2) is 23.0 Å². The SMILES string of the molecule is COc1cc(Br)cc(C=Nn2c(-c3cc4cc(Cl)ccc4o3)nc3ccccc3c2=O)c1OCc1cccc(C)c1. The van der Waals surface area contributed by atoms with Gasteiger partial charge >= 0.3 is 0 Å². The van der Waals surface area contributed by atoms with Gasteiger partial charge in [-0.25, -0.2) is 4.98 Å². The summed E-state index contributed by atoms with van der Waals surface area (Å²) in [6.07, 6.45) is 1.56. The number of aryl methyl sites for hydroxylation is 1. The predicted molar refractivity (Wildman–Crippen MR) is 165 cm³/mol. The molecule has 0 spiro atoms. The van der Waals surface area contributed by atoms with Gasteiger partial charge in [-0.2, -0.15) is 9.78 Å². The van der Waals surface area contributed by atoms with Crippen molar-refractivity contribution in [3.8, 4) is 23.1 Å². The Labute approximate surface area is 248 Å². The molecule has 0 atom stereocenters. The lowest BCUT2D eigenvalue weighted by atomic mass is 10.1. The number of rotatable bonds is 7. The van der Waals surface area contributed by atoms with E-state index in [1.54, 1.807) is 55.8 Å². The molecule has 4 aromatic carbocycles. The number of furan rings is 1. The zero-order chi connectivity index (χ0) is 28.5. The summed E-state index contributed by atoms with van der Waals surface area (Å²) in [5, 5.41) is 6.40. The fraction of sp³-hybridized carbons (Fsp3) is 0.0938. The summed E-state index contributed by atoms with van der Waals surface area (Å²) in [7, 11) is 1.58. The standard InChI is InChI=1S/C32H23BrClN3O4/c1-19-6-5-7-20(12-19)18-40-30-22(13-23(33)16-28(30)39-2)17-35-37-31(36-26-9-4-3-8-25(26)32(37)38)29-15-21-14-24(34)10-11-27(21)41-29/h3-17H,18H2,1-2H3. The molecule has 6 rings (SSSR count). The van der Waals surface area contributed by atoms with E-state index in [4.69, 9.17) is 30.5 Å². The first kappa shape index (κ1) is 26.8. The molecule has 41 heavy (non-hydrogen) atoms. The van der Waals surface area contributed by atoms with Crippen LogP contribution in [-0.2, 0) is 6.61 Å². The first-order chi connectivity index (χ1) is 19.9. The van der Waals surface area contributed by atoms with Gasteiger partial charge < -0.3 is 13.9 Å². The van der Waals surface area contributed by atoms with Crippen LogP contribution in [0.25, 0.3) is 33.5 Å². The quantitative estimate of drug-likeness (QED) is 0.167. The van der Waals surface area contributed by atoms with Gasteiger partial charge in [-0.15, -0.1) is 0 Å². The van der Waals surface area contributed by atoms with Crippen LogP contribution in [0.15, 0.2) is 104 Å². The number of para-hydroxylation sites is 1. The van der Waals surface area contributed by atoms with Crippen molar-refractivity contribution >= 4 is 55.6 Å². The van der Waals surface area contributed by atoms with E-state index in [1.165, 1.54) is 4.68 Å². The van der Waals surface area contributed by atoms with E-state index >= 15 is 0 Å². The van der Waals surface area contributed by atoms with Crippen molar-refractivity contribution in [1.29, 1.82) is 0 Å². The minimum absolute atomic E-state index is 0.251. The van der Waals surface area contributed by atoms with Gasteiger partial charge in [0.2, 0.25) is 5.82 Å². The monoisotopic (exact) mass is 627 g/mol. The first-order valence-corrected chi connectivity index (χ1v) is 13.9. The lowest BCUT2D eigenvalue weighted by Crippen LogP contribution is -2.20. The highest BCUT2D eigenvalue weighted by Gasteiger charge is 2.18. The van der Waals surface area contributed by atoms with Crippen LogP contribution >= 0.6 is 27.5 Å². The van der Waals surface area contributed by atoms with Gasteiger partial charge in [0.25, 0.3) is 5.56 Å². The van der Waals surface area contributed by atoms with E-state index in [9.17, 15) is 4.79 Å². The Kier molecular flexibility index (Phi) is 7.34. The zero-order valence-corrected chi connectivity index (χ0v) is 24.4. The van der Waals surface area contributed by atoms with Crippen LogP contribution in [0.3, 0.4) is 0 Å². The third-order valence-corrected chi connectivity index (χ3v) is 7.19. The molecule has 0 N–H and O–H groups in total. The lowest BCUT2D eigenvalue weighted by molar-refractivity contribution is 0.284. The van der Waals surface area contributed by atoms with E-state index in [1.807, 2.05) is 43.3 Å². The Bertz CT molecular complexity index is 2020. The maximum atomic E-state index is 13.7. The van der Waals surface area contributed by atoms with Crippen molar-refractivity contribution in [2.75, 3.05) is 7.11 Å². The van der Waals surface area contributed by atoms with Crippen LogP contribution < -0.4 is 15.0 Å². The van der Waals surface area contributed by atoms with Gasteiger partial charge in [0.15, 0.2) is 17.3 Å². The van der Waals surface area contributed by atoms with Crippen LogP contribution in [0.1, 0.15) is 16.7 Å². The van der Waals surface area contributed by atoms with Crippen molar-refractivity contribution in [2.45, 2.75) is 13.5 Å². The molecular formula is C32H23BrClN3O4. The average Bonchev–Trinajstić information content (AvgIpc) is 3.39. The van der Waals surface area contributed by atoms with Crippen LogP contribution in [0.5, 0.6) is 11.5 Å². The Hall–Kier alpha value is -4.40. The molecule has 7 nitrogen and oxygen atoms in total. The van der Waals surface area contributed by atoms with Crippen LogP contribution in [0, 0.1) is 6.92 Å². The van der Waals surface area contributed by atoms with Crippen molar-refractivity contribution < 1.29 is 13.9 Å². The van der Waals surface area contributed by atoms with Gasteiger partial charge in [0.05, 0.1) is 24.2 Å². The second-order valence-electron chi connectivity index (χ2n) is 9.41. The maximum absolute atomic E-state index is 13.7. The van der Waals surface area contributed by atoms with Crippen molar-refractivity contribution in [2.24, 2.45) is 5.10 Å². The van der Waals surface area contributed by atoms with Gasteiger partial charge in [0.1, 0.15) is 12.2 Å². The van der Waals surface area contributed by atoms with Crippen molar-refractivity contribution in [3.63, 3.8) is 0 Å². The summed E-state index contributed by atoms with van der Waals surface area (Å²) < 4.78 is 19.9. The molecule has 0 saturated carbocycles. The minimum Gasteiger partial charge on any atom is -0.493 e. The molecule has 2 aromatic heterocycles. The van der Waals surface area contributed by atoms with E-state index in [-0.39, 0.29) is 11.4 Å². The molecule has 9 heteroatoms. The van der Waals surface area contributed by atoms with Crippen molar-refractivity contribution in [1.82, 2.24) is 9.66 Å². The number of fused-ring (bicyclic) bond motifs is 2. The van der Waals surface area contributed by atoms with E-state index in [0.717, 1.165) is 21.0 Å². The van der Waals surface area contributed by atoms with E-state index < -0.39 is 0 Å². The first-order valence-electron chi connectivity index (χ1n) is 12.7. The molecule has 0 aliphatic rings. The number of halogens is 2. The fourth-order valence-corrected chi connectivity index (χ4v) is 5.22. The smallest absolute Gasteiger partial charge is 0.282 e. The summed E-state index contributed by atoms with van der Waals surface area (Å²) in [6, 6.07) is 26.0. The number of aromatic nitrogens is 2. The van der Waals surface area contributed by atoms with Gasteiger partial charge in [-0.1, -0.05) is 69.5 Å². The summed E-state index contributed by atoms with van der Waals surface area (Å²) in [5.41, 5.74) is 3.56. The van der Waals surface area contributed by atoms with Gasteiger partial charge in [-0.3, -0.25) is 4.79 Å². The molecule has 0 aliphatic heterocycles. The molecule has 0 unspecified atom stereocenters. The fourth-order valence-electron chi connectivity index (χ4n) is 4.58. The summed E-state index contributed by atoms with van der Waals surface area (Å²) in [4.78, 5) is 18.5. The molecule has 0 saturated heterocycles. The molecule has 6 aromatic rings. The molecular weight excluding hydrogens is 606 g/mol. The number of methoxy groups -OCH3 is 1. The largest absolute Gasteiger partial charge is 0.493 e. The Balaban J connectivity index is 1.48. The number of benzene rings is 4. The topological polar surface area (TPSA) is 78.9 Å². The number of nitrogens with zero attached hydrogens (tertiary/aromatic N) is 3. The van der Waals surface area contributed by atoms with Gasteiger partial charge in [-0.05, 0) is 61.0 Å². The molecule has 0 amide bonds. The molecule has 204 valence electrons. The highest BCUT2D eigenvalue weighted by atomic mass is 79.9. The second kappa shape index (κ2) is 11.2. The van der Waals surface area contributed by atoms with Gasteiger partial charge in [0, 0.05) is 20.4 Å².